The van der Waals surface area contributed by atoms with Crippen LogP contribution in [0.15, 0.2) is 6.20 Å². The highest BCUT2D eigenvalue weighted by Crippen LogP contribution is 2.39. The van der Waals surface area contributed by atoms with E-state index >= 15 is 0 Å². The van der Waals surface area contributed by atoms with E-state index in [1.165, 1.54) is 0 Å². The van der Waals surface area contributed by atoms with Crippen LogP contribution >= 0.6 is 0 Å². The van der Waals surface area contributed by atoms with Crippen molar-refractivity contribution in [3.63, 3.8) is 0 Å². The van der Waals surface area contributed by atoms with Crippen LogP contribution in [-0.4, -0.2) is 24.9 Å². The number of hydrogen-bond acceptors (Lipinski definition) is 4. The molecule has 0 atom stereocenters. The van der Waals surface area contributed by atoms with Gasteiger partial charge in [-0.25, -0.2) is 9.67 Å². The Balaban J connectivity index is 2.24. The van der Waals surface area contributed by atoms with E-state index in [0.29, 0.717) is 11.3 Å². The molecule has 0 aromatic carbocycles. The first kappa shape index (κ1) is 9.57. The zero-order valence-electron chi connectivity index (χ0n) is 9.38. The summed E-state index contributed by atoms with van der Waals surface area (Å²) < 4.78 is 1.82. The van der Waals surface area contributed by atoms with Crippen molar-refractivity contribution in [1.29, 1.82) is 0 Å². The monoisotopic (exact) mass is 218 g/mol. The molecule has 0 radical (unpaired) electrons. The Bertz CT molecular complexity index is 542. The van der Waals surface area contributed by atoms with Gasteiger partial charge in [0, 0.05) is 12.0 Å². The summed E-state index contributed by atoms with van der Waals surface area (Å²) in [5.41, 5.74) is 0.740. The number of nitrogens with zero attached hydrogens (tertiary/aromatic N) is 4. The first-order valence-corrected chi connectivity index (χ1v) is 5.61. The summed E-state index contributed by atoms with van der Waals surface area (Å²) in [4.78, 5) is 8.64. The molecule has 2 aromatic rings. The number of fused-ring (bicyclic) bond motifs is 1. The predicted molar refractivity (Wildman–Crippen MR) is 59.3 cm³/mol. The predicted octanol–water partition coefficient (Wildman–Crippen LogP) is 1.99. The van der Waals surface area contributed by atoms with Crippen LogP contribution in [0.5, 0.6) is 5.88 Å². The molecule has 16 heavy (non-hydrogen) atoms. The van der Waals surface area contributed by atoms with E-state index in [0.717, 1.165) is 24.3 Å². The van der Waals surface area contributed by atoms with Gasteiger partial charge in [0.2, 0.25) is 5.88 Å². The highest BCUT2D eigenvalue weighted by molar-refractivity contribution is 5.79. The number of aromatic nitrogens is 4. The Morgan fingerprint density at radius 2 is 2.12 bits per heavy atom. The van der Waals surface area contributed by atoms with Crippen LogP contribution < -0.4 is 0 Å². The maximum Gasteiger partial charge on any atom is 0.225 e. The normalized spacial score (nSPS) is 16.2. The average molecular weight is 218 g/mol. The number of hydrogen-bond donors (Lipinski definition) is 1. The van der Waals surface area contributed by atoms with Crippen molar-refractivity contribution in [2.45, 2.75) is 38.6 Å². The van der Waals surface area contributed by atoms with Crippen molar-refractivity contribution in [1.82, 2.24) is 19.7 Å². The van der Waals surface area contributed by atoms with Gasteiger partial charge in [-0.1, -0.05) is 0 Å². The summed E-state index contributed by atoms with van der Waals surface area (Å²) in [5.74, 6) is 1.25. The molecule has 0 spiro atoms. The molecule has 1 aliphatic rings. The van der Waals surface area contributed by atoms with E-state index in [-0.39, 0.29) is 11.9 Å². The van der Waals surface area contributed by atoms with Crippen LogP contribution in [0.25, 0.3) is 11.0 Å². The van der Waals surface area contributed by atoms with Gasteiger partial charge in [0.15, 0.2) is 5.65 Å². The first-order chi connectivity index (χ1) is 7.66. The van der Waals surface area contributed by atoms with E-state index in [2.05, 4.69) is 15.1 Å². The average Bonchev–Trinajstić information content (AvgIpc) is 2.98. The highest BCUT2D eigenvalue weighted by Gasteiger charge is 2.28. The Hall–Kier alpha value is -1.65. The fourth-order valence-electron chi connectivity index (χ4n) is 1.83. The molecule has 0 unspecified atom stereocenters. The van der Waals surface area contributed by atoms with E-state index in [1.54, 1.807) is 6.20 Å². The van der Waals surface area contributed by atoms with Crippen molar-refractivity contribution in [3.8, 4) is 5.88 Å². The molecule has 1 saturated carbocycles. The molecule has 1 fully saturated rings. The summed E-state index contributed by atoms with van der Waals surface area (Å²) in [6.45, 7) is 4.09. The summed E-state index contributed by atoms with van der Waals surface area (Å²) in [5, 5.41) is 14.7. The largest absolute Gasteiger partial charge is 0.493 e. The van der Waals surface area contributed by atoms with Gasteiger partial charge in [-0.15, -0.1) is 0 Å². The molecule has 0 amide bonds. The summed E-state index contributed by atoms with van der Waals surface area (Å²) in [6.07, 6.45) is 3.88. The van der Waals surface area contributed by atoms with Crippen LogP contribution in [0.4, 0.5) is 0 Å². The van der Waals surface area contributed by atoms with Gasteiger partial charge < -0.3 is 5.11 Å². The van der Waals surface area contributed by atoms with Gasteiger partial charge in [0.1, 0.15) is 11.2 Å². The van der Waals surface area contributed by atoms with Gasteiger partial charge in [-0.3, -0.25) is 0 Å². The quantitative estimate of drug-likeness (QED) is 0.837. The lowest BCUT2D eigenvalue weighted by molar-refractivity contribution is 0.456. The van der Waals surface area contributed by atoms with Crippen LogP contribution in [-0.2, 0) is 0 Å². The van der Waals surface area contributed by atoms with Crippen LogP contribution in [0.1, 0.15) is 44.5 Å². The molecule has 5 nitrogen and oxygen atoms in total. The Morgan fingerprint density at radius 1 is 1.38 bits per heavy atom. The molecule has 84 valence electrons. The number of aromatic hydroxyl groups is 1. The van der Waals surface area contributed by atoms with Crippen molar-refractivity contribution in [3.05, 3.63) is 12.0 Å². The minimum absolute atomic E-state index is 0.0544. The molecular formula is C11H14N4O. The lowest BCUT2D eigenvalue weighted by Crippen LogP contribution is -2.04. The zero-order valence-corrected chi connectivity index (χ0v) is 9.38. The van der Waals surface area contributed by atoms with E-state index in [9.17, 15) is 5.11 Å². The SMILES string of the molecule is CC(C)n1ncc2c(O)nc(C3CC3)nc21. The smallest absolute Gasteiger partial charge is 0.225 e. The second-order valence-electron chi connectivity index (χ2n) is 4.60. The number of rotatable bonds is 2. The highest BCUT2D eigenvalue weighted by atomic mass is 16.3. The fraction of sp³-hybridized carbons (Fsp3) is 0.545. The minimum atomic E-state index is 0.0544. The Kier molecular flexibility index (Phi) is 1.89. The molecule has 5 heteroatoms. The molecule has 0 aliphatic heterocycles. The molecule has 3 rings (SSSR count). The molecular weight excluding hydrogens is 204 g/mol. The zero-order chi connectivity index (χ0) is 11.3. The van der Waals surface area contributed by atoms with Crippen molar-refractivity contribution in [2.75, 3.05) is 0 Å². The molecule has 2 heterocycles. The third-order valence-electron chi connectivity index (χ3n) is 2.88. The molecule has 0 bridgehead atoms. The summed E-state index contributed by atoms with van der Waals surface area (Å²) in [6, 6.07) is 0.235. The lowest BCUT2D eigenvalue weighted by Gasteiger charge is -2.07. The van der Waals surface area contributed by atoms with Crippen molar-refractivity contribution in [2.24, 2.45) is 0 Å². The third-order valence-corrected chi connectivity index (χ3v) is 2.88. The lowest BCUT2D eigenvalue weighted by atomic mass is 10.3. The van der Waals surface area contributed by atoms with Gasteiger partial charge in [0.25, 0.3) is 0 Å². The van der Waals surface area contributed by atoms with Gasteiger partial charge in [-0.2, -0.15) is 10.1 Å². The van der Waals surface area contributed by atoms with Crippen LogP contribution in [0.3, 0.4) is 0 Å². The van der Waals surface area contributed by atoms with Crippen molar-refractivity contribution >= 4 is 11.0 Å². The maximum atomic E-state index is 9.82. The topological polar surface area (TPSA) is 63.8 Å². The Labute approximate surface area is 93.1 Å². The molecule has 0 saturated heterocycles. The van der Waals surface area contributed by atoms with Crippen molar-refractivity contribution < 1.29 is 5.11 Å². The fourth-order valence-corrected chi connectivity index (χ4v) is 1.83. The maximum absolute atomic E-state index is 9.82. The van der Waals surface area contributed by atoms with E-state index in [4.69, 9.17) is 0 Å². The van der Waals surface area contributed by atoms with E-state index in [1.807, 2.05) is 18.5 Å². The molecule has 1 aliphatic carbocycles. The van der Waals surface area contributed by atoms with E-state index < -0.39 is 0 Å². The second kappa shape index (κ2) is 3.17. The Morgan fingerprint density at radius 3 is 2.75 bits per heavy atom. The second-order valence-corrected chi connectivity index (χ2v) is 4.60. The van der Waals surface area contributed by atoms with Gasteiger partial charge in [0.05, 0.1) is 6.20 Å². The van der Waals surface area contributed by atoms with Crippen LogP contribution in [0, 0.1) is 0 Å². The standard InChI is InChI=1S/C11H14N4O/c1-6(2)15-10-8(5-12-15)11(16)14-9(13-10)7-3-4-7/h5-7H,3-4H2,1-2H3,(H,13,14,16). The summed E-state index contributed by atoms with van der Waals surface area (Å²) in [7, 11) is 0. The van der Waals surface area contributed by atoms with Crippen LogP contribution in [0.2, 0.25) is 0 Å². The minimum Gasteiger partial charge on any atom is -0.493 e. The summed E-state index contributed by atoms with van der Waals surface area (Å²) >= 11 is 0. The van der Waals surface area contributed by atoms with Gasteiger partial charge in [-0.05, 0) is 26.7 Å². The van der Waals surface area contributed by atoms with Gasteiger partial charge >= 0.3 is 0 Å². The molecule has 2 aromatic heterocycles. The first-order valence-electron chi connectivity index (χ1n) is 5.61. The molecule has 1 N–H and O–H groups in total. The third kappa shape index (κ3) is 1.35.